The Morgan fingerprint density at radius 1 is 1.03 bits per heavy atom. The molecule has 0 radical (unpaired) electrons. The van der Waals surface area contributed by atoms with Crippen molar-refractivity contribution in [1.82, 2.24) is 4.40 Å². The first kappa shape index (κ1) is 22.4. The number of pyridine rings is 1. The Morgan fingerprint density at radius 3 is 2.47 bits per heavy atom. The lowest BCUT2D eigenvalue weighted by Gasteiger charge is -2.31. The average Bonchev–Trinajstić information content (AvgIpc) is 3.26. The molecule has 1 aliphatic heterocycles. The van der Waals surface area contributed by atoms with Crippen molar-refractivity contribution in [3.63, 3.8) is 0 Å². The first-order valence-corrected chi connectivity index (χ1v) is 12.1. The summed E-state index contributed by atoms with van der Waals surface area (Å²) in [5.41, 5.74) is 2.69. The van der Waals surface area contributed by atoms with Crippen LogP contribution in [0.25, 0.3) is 25.9 Å². The molecular formula is C27H21FN2O5S. The van der Waals surface area contributed by atoms with Gasteiger partial charge in [-0.25, -0.2) is 9.18 Å². The van der Waals surface area contributed by atoms with Crippen LogP contribution in [0.15, 0.2) is 53.3 Å². The van der Waals surface area contributed by atoms with Crippen molar-refractivity contribution in [3.8, 4) is 11.5 Å². The second kappa shape index (κ2) is 8.23. The number of thiazole rings is 1. The molecule has 2 aromatic heterocycles. The van der Waals surface area contributed by atoms with Crippen LogP contribution in [-0.4, -0.2) is 36.2 Å². The molecule has 1 aliphatic rings. The van der Waals surface area contributed by atoms with Crippen molar-refractivity contribution in [1.29, 1.82) is 0 Å². The summed E-state index contributed by atoms with van der Waals surface area (Å²) in [7, 11) is 3.17. The lowest BCUT2D eigenvalue weighted by Crippen LogP contribution is -2.31. The molecule has 6 rings (SSSR count). The second-order valence-corrected chi connectivity index (χ2v) is 9.72. The quantitative estimate of drug-likeness (QED) is 0.368. The zero-order chi connectivity index (χ0) is 25.1. The number of rotatable bonds is 4. The number of hydrogen-bond donors (Lipinski definition) is 1. The number of carboxylic acid groups (broad SMARTS) is 1. The fraction of sp³-hybridized carbons (Fsp3) is 0.185. The standard InChI is InChI=1S/C27H21FN2O5S/c1-34-21-9-14-7-8-29(13-15(14)10-22(21)35-2)20-12-19-16(11-17(20)28)25(31)24(27(32)33)26-30(19)18-5-3-4-6-23(18)36-26/h3-6,9-12H,7-8,13H2,1-2H3,(H,32,33). The van der Waals surface area contributed by atoms with E-state index < -0.39 is 17.2 Å². The predicted octanol–water partition coefficient (Wildman–Crippen LogP) is 5.08. The molecule has 5 aromatic rings. The summed E-state index contributed by atoms with van der Waals surface area (Å²) in [5.74, 6) is -0.634. The molecule has 0 unspecified atom stereocenters. The largest absolute Gasteiger partial charge is 0.493 e. The predicted molar refractivity (Wildman–Crippen MR) is 138 cm³/mol. The number of aromatic nitrogens is 1. The van der Waals surface area contributed by atoms with Crippen LogP contribution >= 0.6 is 11.3 Å². The van der Waals surface area contributed by atoms with Crippen molar-refractivity contribution in [2.75, 3.05) is 25.7 Å². The third-order valence-electron chi connectivity index (χ3n) is 6.78. The van der Waals surface area contributed by atoms with Gasteiger partial charge in [0.2, 0.25) is 5.43 Å². The van der Waals surface area contributed by atoms with E-state index in [0.29, 0.717) is 47.0 Å². The molecule has 0 saturated heterocycles. The number of para-hydroxylation sites is 1. The minimum Gasteiger partial charge on any atom is -0.493 e. The normalized spacial score (nSPS) is 13.4. The first-order chi connectivity index (χ1) is 17.4. The number of ether oxygens (including phenoxy) is 2. The van der Waals surface area contributed by atoms with Crippen LogP contribution < -0.4 is 19.8 Å². The van der Waals surface area contributed by atoms with Crippen molar-refractivity contribution in [2.24, 2.45) is 0 Å². The number of fused-ring (bicyclic) bond motifs is 6. The van der Waals surface area contributed by atoms with E-state index in [1.165, 1.54) is 17.4 Å². The van der Waals surface area contributed by atoms with E-state index in [1.54, 1.807) is 24.7 Å². The number of methoxy groups -OCH3 is 2. The highest BCUT2D eigenvalue weighted by Crippen LogP contribution is 2.37. The van der Waals surface area contributed by atoms with Crippen LogP contribution in [0.5, 0.6) is 11.5 Å². The summed E-state index contributed by atoms with van der Waals surface area (Å²) in [6.07, 6.45) is 0.682. The molecule has 0 fully saturated rings. The van der Waals surface area contributed by atoms with Crippen LogP contribution in [0, 0.1) is 5.82 Å². The van der Waals surface area contributed by atoms with Gasteiger partial charge in [-0.1, -0.05) is 12.1 Å². The van der Waals surface area contributed by atoms with Crippen LogP contribution in [0.3, 0.4) is 0 Å². The van der Waals surface area contributed by atoms with Gasteiger partial charge in [0.1, 0.15) is 16.2 Å². The highest BCUT2D eigenvalue weighted by atomic mass is 32.1. The number of hydrogen-bond acceptors (Lipinski definition) is 6. The van der Waals surface area contributed by atoms with Crippen molar-refractivity contribution >= 4 is 48.9 Å². The Labute approximate surface area is 208 Å². The van der Waals surface area contributed by atoms with Gasteiger partial charge < -0.3 is 19.5 Å². The topological polar surface area (TPSA) is 80.5 Å². The number of carboxylic acids is 1. The minimum absolute atomic E-state index is 0.0403. The van der Waals surface area contributed by atoms with Gasteiger partial charge in [0, 0.05) is 13.1 Å². The van der Waals surface area contributed by atoms with Crippen LogP contribution in [-0.2, 0) is 13.0 Å². The van der Waals surface area contributed by atoms with E-state index in [0.717, 1.165) is 21.3 Å². The summed E-state index contributed by atoms with van der Waals surface area (Å²) in [5, 5.41) is 9.86. The van der Waals surface area contributed by atoms with E-state index >= 15 is 4.39 Å². The van der Waals surface area contributed by atoms with Gasteiger partial charge in [-0.3, -0.25) is 9.20 Å². The molecule has 0 amide bonds. The second-order valence-electron chi connectivity index (χ2n) is 8.69. The monoisotopic (exact) mass is 504 g/mol. The summed E-state index contributed by atoms with van der Waals surface area (Å²) >= 11 is 1.24. The number of nitrogens with zero attached hydrogens (tertiary/aromatic N) is 2. The van der Waals surface area contributed by atoms with Gasteiger partial charge >= 0.3 is 5.97 Å². The lowest BCUT2D eigenvalue weighted by molar-refractivity contribution is 0.0697. The fourth-order valence-corrected chi connectivity index (χ4v) is 6.25. The maximum atomic E-state index is 15.5. The molecule has 7 nitrogen and oxygen atoms in total. The van der Waals surface area contributed by atoms with Crippen LogP contribution in [0.1, 0.15) is 21.5 Å². The zero-order valence-corrected chi connectivity index (χ0v) is 20.3. The molecule has 0 spiro atoms. The van der Waals surface area contributed by atoms with Crippen molar-refractivity contribution < 1.29 is 23.8 Å². The molecule has 0 bridgehead atoms. The van der Waals surface area contributed by atoms with E-state index in [4.69, 9.17) is 9.47 Å². The summed E-state index contributed by atoms with van der Waals surface area (Å²) in [6, 6.07) is 14.2. The smallest absolute Gasteiger partial charge is 0.342 e. The molecule has 182 valence electrons. The molecule has 3 heterocycles. The Kier molecular flexibility index (Phi) is 5.11. The Balaban J connectivity index is 1.58. The molecule has 0 saturated carbocycles. The number of carbonyl (C=O) groups is 1. The maximum Gasteiger partial charge on any atom is 0.342 e. The van der Waals surface area contributed by atoms with E-state index in [2.05, 4.69) is 0 Å². The number of aromatic carboxylic acids is 1. The van der Waals surface area contributed by atoms with Gasteiger partial charge in [0.05, 0.1) is 41.0 Å². The molecule has 36 heavy (non-hydrogen) atoms. The van der Waals surface area contributed by atoms with Gasteiger partial charge in [-0.15, -0.1) is 11.3 Å². The highest BCUT2D eigenvalue weighted by Gasteiger charge is 2.26. The minimum atomic E-state index is -1.33. The fourth-order valence-electron chi connectivity index (χ4n) is 5.06. The lowest BCUT2D eigenvalue weighted by atomic mass is 9.98. The summed E-state index contributed by atoms with van der Waals surface area (Å²) in [6.45, 7) is 1.02. The maximum absolute atomic E-state index is 15.5. The molecule has 9 heteroatoms. The summed E-state index contributed by atoms with van der Waals surface area (Å²) in [4.78, 5) is 27.5. The van der Waals surface area contributed by atoms with E-state index in [-0.39, 0.29) is 10.9 Å². The third kappa shape index (κ3) is 3.23. The Bertz CT molecular complexity index is 1770. The van der Waals surface area contributed by atoms with Crippen molar-refractivity contribution in [2.45, 2.75) is 13.0 Å². The average molecular weight is 505 g/mol. The number of anilines is 1. The Morgan fingerprint density at radius 2 is 1.75 bits per heavy atom. The first-order valence-electron chi connectivity index (χ1n) is 11.3. The van der Waals surface area contributed by atoms with Crippen LogP contribution in [0.4, 0.5) is 10.1 Å². The van der Waals surface area contributed by atoms with Gasteiger partial charge in [0.15, 0.2) is 11.5 Å². The molecule has 3 aromatic carbocycles. The summed E-state index contributed by atoms with van der Waals surface area (Å²) < 4.78 is 29.0. The number of benzene rings is 3. The number of halogens is 1. The third-order valence-corrected chi connectivity index (χ3v) is 7.93. The molecule has 0 atom stereocenters. The zero-order valence-electron chi connectivity index (χ0n) is 19.5. The Hall–Kier alpha value is -4.11. The molecular weight excluding hydrogens is 483 g/mol. The van der Waals surface area contributed by atoms with Crippen molar-refractivity contribution in [3.05, 3.63) is 81.3 Å². The van der Waals surface area contributed by atoms with Crippen LogP contribution in [0.2, 0.25) is 0 Å². The van der Waals surface area contributed by atoms with E-state index in [1.807, 2.05) is 41.3 Å². The highest BCUT2D eigenvalue weighted by molar-refractivity contribution is 7.24. The van der Waals surface area contributed by atoms with Gasteiger partial charge in [-0.05, 0) is 53.9 Å². The molecule has 1 N–H and O–H groups in total. The van der Waals surface area contributed by atoms with Gasteiger partial charge in [0.25, 0.3) is 0 Å². The van der Waals surface area contributed by atoms with Gasteiger partial charge in [-0.2, -0.15) is 0 Å². The SMILES string of the molecule is COc1cc2c(cc1OC)CN(c1cc3c(cc1F)c(=O)c(C(=O)O)c1sc4ccccc4n13)CC2. The molecule has 0 aliphatic carbocycles. The van der Waals surface area contributed by atoms with E-state index in [9.17, 15) is 14.7 Å².